The predicted octanol–water partition coefficient (Wildman–Crippen LogP) is 0.762. The Morgan fingerprint density at radius 3 is 2.60 bits per heavy atom. The van der Waals surface area contributed by atoms with Crippen LogP contribution >= 0.6 is 0 Å². The molecular formula is C12H19N3O4S. The minimum atomic E-state index is -3.48. The lowest BCUT2D eigenvalue weighted by atomic mass is 10.3. The van der Waals surface area contributed by atoms with Crippen LogP contribution in [0, 0.1) is 6.92 Å². The fourth-order valence-electron chi connectivity index (χ4n) is 2.24. The van der Waals surface area contributed by atoms with E-state index in [1.807, 2.05) is 0 Å². The fourth-order valence-corrected chi connectivity index (χ4v) is 3.09. The molecule has 2 heterocycles. The highest BCUT2D eigenvalue weighted by Crippen LogP contribution is 2.18. The third kappa shape index (κ3) is 3.50. The molecule has 0 aromatic carbocycles. The fraction of sp³-hybridized carbons (Fsp3) is 0.667. The first-order valence-corrected chi connectivity index (χ1v) is 8.41. The van der Waals surface area contributed by atoms with Crippen LogP contribution in [0.15, 0.2) is 10.6 Å². The summed E-state index contributed by atoms with van der Waals surface area (Å²) in [5.74, 6) is 0.732. The molecule has 0 radical (unpaired) electrons. The highest BCUT2D eigenvalue weighted by Gasteiger charge is 2.24. The number of aryl methyl sites for hydroxylation is 1. The van der Waals surface area contributed by atoms with Gasteiger partial charge in [-0.25, -0.2) is 8.42 Å². The maximum absolute atomic E-state index is 12.0. The zero-order chi connectivity index (χ0) is 14.8. The highest BCUT2D eigenvalue weighted by atomic mass is 32.2. The van der Waals surface area contributed by atoms with Crippen molar-refractivity contribution in [3.63, 3.8) is 0 Å². The number of rotatable bonds is 5. The Morgan fingerprint density at radius 2 is 2.10 bits per heavy atom. The Kier molecular flexibility index (Phi) is 4.32. The quantitative estimate of drug-likeness (QED) is 0.802. The molecule has 8 heteroatoms. The summed E-state index contributed by atoms with van der Waals surface area (Å²) in [7, 11) is -3.48. The van der Waals surface area contributed by atoms with Gasteiger partial charge in [0.1, 0.15) is 5.76 Å². The second kappa shape index (κ2) is 5.82. The van der Waals surface area contributed by atoms with Gasteiger partial charge in [0.15, 0.2) is 5.82 Å². The van der Waals surface area contributed by atoms with Crippen molar-refractivity contribution in [1.82, 2.24) is 10.1 Å². The number of carbonyl (C=O) groups is 1. The number of aromatic nitrogens is 1. The van der Waals surface area contributed by atoms with Gasteiger partial charge >= 0.3 is 0 Å². The average molecular weight is 301 g/mol. The maximum Gasteiger partial charge on any atom is 0.233 e. The number of likely N-dealkylation sites (tertiary alicyclic amines) is 1. The summed E-state index contributed by atoms with van der Waals surface area (Å²) in [5.41, 5.74) is 0. The second-order valence-electron chi connectivity index (χ2n) is 4.97. The third-order valence-electron chi connectivity index (χ3n) is 3.26. The molecule has 1 saturated heterocycles. The standard InChI is InChI=1S/C12H19N3O4S/c1-10-9-11(13-19-10)15(20(2,17)18)8-5-12(16)14-6-3-4-7-14/h9H,3-8H2,1-2H3. The number of sulfonamides is 1. The molecule has 0 N–H and O–H groups in total. The van der Waals surface area contributed by atoms with E-state index in [0.29, 0.717) is 5.76 Å². The number of nitrogens with zero attached hydrogens (tertiary/aromatic N) is 3. The predicted molar refractivity (Wildman–Crippen MR) is 73.9 cm³/mol. The first-order valence-electron chi connectivity index (χ1n) is 6.57. The van der Waals surface area contributed by atoms with Gasteiger partial charge in [0.25, 0.3) is 0 Å². The molecule has 0 atom stereocenters. The van der Waals surface area contributed by atoms with Crippen LogP contribution in [0.25, 0.3) is 0 Å². The van der Waals surface area contributed by atoms with E-state index in [2.05, 4.69) is 5.16 Å². The Morgan fingerprint density at radius 1 is 1.45 bits per heavy atom. The molecule has 0 aliphatic carbocycles. The van der Waals surface area contributed by atoms with Crippen LogP contribution in [-0.2, 0) is 14.8 Å². The zero-order valence-electron chi connectivity index (χ0n) is 11.7. The summed E-state index contributed by atoms with van der Waals surface area (Å²) in [6.07, 6.45) is 3.28. The van der Waals surface area contributed by atoms with Crippen molar-refractivity contribution in [2.45, 2.75) is 26.2 Å². The van der Waals surface area contributed by atoms with Crippen molar-refractivity contribution in [3.8, 4) is 0 Å². The summed E-state index contributed by atoms with van der Waals surface area (Å²) in [6, 6.07) is 1.54. The number of amides is 1. The van der Waals surface area contributed by atoms with E-state index in [1.54, 1.807) is 17.9 Å². The normalized spacial score (nSPS) is 15.6. The number of carbonyl (C=O) groups excluding carboxylic acids is 1. The van der Waals surface area contributed by atoms with Crippen molar-refractivity contribution >= 4 is 21.7 Å². The van der Waals surface area contributed by atoms with E-state index >= 15 is 0 Å². The largest absolute Gasteiger partial charge is 0.360 e. The molecule has 0 unspecified atom stereocenters. The monoisotopic (exact) mass is 301 g/mol. The summed E-state index contributed by atoms with van der Waals surface area (Å²) < 4.78 is 29.6. The Bertz CT molecular complexity index is 575. The topological polar surface area (TPSA) is 83.7 Å². The molecule has 2 rings (SSSR count). The van der Waals surface area contributed by atoms with Crippen LogP contribution in [0.2, 0.25) is 0 Å². The summed E-state index contributed by atoms with van der Waals surface area (Å²) >= 11 is 0. The molecule has 1 aliphatic heterocycles. The van der Waals surface area contributed by atoms with E-state index < -0.39 is 10.0 Å². The third-order valence-corrected chi connectivity index (χ3v) is 4.43. The van der Waals surface area contributed by atoms with Gasteiger partial charge < -0.3 is 9.42 Å². The molecular weight excluding hydrogens is 282 g/mol. The molecule has 1 aromatic heterocycles. The molecule has 1 fully saturated rings. The summed E-state index contributed by atoms with van der Waals surface area (Å²) in [4.78, 5) is 13.7. The van der Waals surface area contributed by atoms with Gasteiger partial charge in [0, 0.05) is 32.1 Å². The van der Waals surface area contributed by atoms with Crippen LogP contribution in [-0.4, -0.2) is 50.3 Å². The van der Waals surface area contributed by atoms with Gasteiger partial charge in [-0.2, -0.15) is 0 Å². The average Bonchev–Trinajstić information content (AvgIpc) is 2.98. The van der Waals surface area contributed by atoms with Gasteiger partial charge in [-0.05, 0) is 19.8 Å². The molecule has 1 amide bonds. The van der Waals surface area contributed by atoms with E-state index in [-0.39, 0.29) is 24.7 Å². The van der Waals surface area contributed by atoms with E-state index in [1.165, 1.54) is 0 Å². The molecule has 0 bridgehead atoms. The van der Waals surface area contributed by atoms with E-state index in [4.69, 9.17) is 4.52 Å². The molecule has 7 nitrogen and oxygen atoms in total. The van der Waals surface area contributed by atoms with E-state index in [0.717, 1.165) is 36.5 Å². The molecule has 20 heavy (non-hydrogen) atoms. The highest BCUT2D eigenvalue weighted by molar-refractivity contribution is 7.92. The Labute approximate surface area is 118 Å². The van der Waals surface area contributed by atoms with Crippen molar-refractivity contribution < 1.29 is 17.7 Å². The van der Waals surface area contributed by atoms with Gasteiger partial charge in [0.05, 0.1) is 6.26 Å². The SMILES string of the molecule is Cc1cc(N(CCC(=O)N2CCCC2)S(C)(=O)=O)no1. The molecule has 112 valence electrons. The number of hydrogen-bond acceptors (Lipinski definition) is 5. The molecule has 0 saturated carbocycles. The van der Waals surface area contributed by atoms with Gasteiger partial charge in [-0.3, -0.25) is 9.10 Å². The Balaban J connectivity index is 2.04. The molecule has 1 aliphatic rings. The lowest BCUT2D eigenvalue weighted by Gasteiger charge is -2.21. The van der Waals surface area contributed by atoms with Crippen LogP contribution in [0.5, 0.6) is 0 Å². The minimum Gasteiger partial charge on any atom is -0.360 e. The lowest BCUT2D eigenvalue weighted by molar-refractivity contribution is -0.129. The smallest absolute Gasteiger partial charge is 0.233 e. The van der Waals surface area contributed by atoms with Crippen molar-refractivity contribution in [1.29, 1.82) is 0 Å². The van der Waals surface area contributed by atoms with Crippen LogP contribution in [0.3, 0.4) is 0 Å². The minimum absolute atomic E-state index is 0.0173. The van der Waals surface area contributed by atoms with E-state index in [9.17, 15) is 13.2 Å². The van der Waals surface area contributed by atoms with Crippen LogP contribution < -0.4 is 4.31 Å². The van der Waals surface area contributed by atoms with Crippen molar-refractivity contribution in [3.05, 3.63) is 11.8 Å². The first kappa shape index (κ1) is 14.8. The first-order chi connectivity index (χ1) is 9.38. The molecule has 0 spiro atoms. The van der Waals surface area contributed by atoms with Gasteiger partial charge in [-0.1, -0.05) is 5.16 Å². The summed E-state index contributed by atoms with van der Waals surface area (Å²) in [6.45, 7) is 3.30. The molecule has 1 aromatic rings. The van der Waals surface area contributed by atoms with Crippen molar-refractivity contribution in [2.75, 3.05) is 30.2 Å². The lowest BCUT2D eigenvalue weighted by Crippen LogP contribution is -2.35. The Hall–Kier alpha value is -1.57. The summed E-state index contributed by atoms with van der Waals surface area (Å²) in [5, 5.41) is 3.70. The van der Waals surface area contributed by atoms with Crippen LogP contribution in [0.4, 0.5) is 5.82 Å². The zero-order valence-corrected chi connectivity index (χ0v) is 12.5. The van der Waals surface area contributed by atoms with Crippen molar-refractivity contribution in [2.24, 2.45) is 0 Å². The van der Waals surface area contributed by atoms with Crippen LogP contribution in [0.1, 0.15) is 25.0 Å². The number of hydrogen-bond donors (Lipinski definition) is 0. The maximum atomic E-state index is 12.0. The number of anilines is 1. The van der Waals surface area contributed by atoms with Gasteiger partial charge in [-0.15, -0.1) is 0 Å². The van der Waals surface area contributed by atoms with Gasteiger partial charge in [0.2, 0.25) is 15.9 Å². The second-order valence-corrected chi connectivity index (χ2v) is 6.88.